The Kier molecular flexibility index (Phi) is 7.77. The fraction of sp³-hybridized carbons (Fsp3) is 0.385. The van der Waals surface area contributed by atoms with Crippen LogP contribution in [0.2, 0.25) is 0 Å². The zero-order valence-corrected chi connectivity index (χ0v) is 20.9. The standard InChI is InChI=1S/C26H33N7O2/c1-20(34)31(3)13-14-32(4)25-18-27-19-26(29-25)35-23-7-5-21(6-8-23)24-17-22(9-10-28-24)33-15-11-30(2)12-16-33/h5-10,17-19H,11-16H2,1-4H3. The Bertz CT molecular complexity index is 1130. The van der Waals surface area contributed by atoms with Crippen LogP contribution in [0.5, 0.6) is 11.6 Å². The predicted octanol–water partition coefficient (Wildman–Crippen LogP) is 3.00. The molecule has 1 amide bonds. The van der Waals surface area contributed by atoms with Crippen LogP contribution in [-0.4, -0.2) is 91.1 Å². The maximum Gasteiger partial charge on any atom is 0.239 e. The van der Waals surface area contributed by atoms with E-state index >= 15 is 0 Å². The number of rotatable bonds is 8. The zero-order valence-electron chi connectivity index (χ0n) is 20.9. The van der Waals surface area contributed by atoms with E-state index in [0.29, 0.717) is 30.5 Å². The van der Waals surface area contributed by atoms with E-state index in [4.69, 9.17) is 4.74 Å². The average Bonchev–Trinajstić information content (AvgIpc) is 2.88. The Morgan fingerprint density at radius 1 is 1.03 bits per heavy atom. The number of hydrogen-bond donors (Lipinski definition) is 0. The normalized spacial score (nSPS) is 14.0. The van der Waals surface area contributed by atoms with Crippen LogP contribution in [0.15, 0.2) is 55.0 Å². The van der Waals surface area contributed by atoms with E-state index in [-0.39, 0.29) is 5.91 Å². The molecule has 1 saturated heterocycles. The Morgan fingerprint density at radius 3 is 2.49 bits per heavy atom. The number of hydrogen-bond acceptors (Lipinski definition) is 8. The summed E-state index contributed by atoms with van der Waals surface area (Å²) in [5, 5.41) is 0. The SMILES string of the molecule is CC(=O)N(C)CCN(C)c1cncc(Oc2ccc(-c3cc(N4CCN(C)CC4)ccn3)cc2)n1. The fourth-order valence-corrected chi connectivity index (χ4v) is 3.80. The Hall–Kier alpha value is -3.72. The summed E-state index contributed by atoms with van der Waals surface area (Å²) in [6.45, 7) is 6.98. The number of pyridine rings is 1. The van der Waals surface area contributed by atoms with Gasteiger partial charge in [0.05, 0.1) is 18.1 Å². The maximum absolute atomic E-state index is 11.4. The van der Waals surface area contributed by atoms with Crippen LogP contribution in [0.1, 0.15) is 6.92 Å². The molecular weight excluding hydrogens is 442 g/mol. The molecule has 4 rings (SSSR count). The van der Waals surface area contributed by atoms with Gasteiger partial charge in [-0.15, -0.1) is 0 Å². The van der Waals surface area contributed by atoms with Crippen LogP contribution in [0, 0.1) is 0 Å². The topological polar surface area (TPSA) is 77.9 Å². The van der Waals surface area contributed by atoms with E-state index < -0.39 is 0 Å². The molecule has 0 aliphatic carbocycles. The first-order valence-corrected chi connectivity index (χ1v) is 11.8. The van der Waals surface area contributed by atoms with Crippen LogP contribution in [0.25, 0.3) is 11.3 Å². The van der Waals surface area contributed by atoms with E-state index in [1.165, 1.54) is 5.69 Å². The number of carbonyl (C=O) groups excluding carboxylic acids is 1. The second-order valence-electron chi connectivity index (χ2n) is 8.89. The number of anilines is 2. The van der Waals surface area contributed by atoms with Gasteiger partial charge in [0.25, 0.3) is 0 Å². The molecule has 0 N–H and O–H groups in total. The van der Waals surface area contributed by atoms with E-state index in [0.717, 1.165) is 37.4 Å². The van der Waals surface area contributed by atoms with Gasteiger partial charge in [0.1, 0.15) is 5.75 Å². The third-order valence-electron chi connectivity index (χ3n) is 6.28. The van der Waals surface area contributed by atoms with Crippen molar-refractivity contribution in [1.82, 2.24) is 24.8 Å². The first kappa shape index (κ1) is 24.4. The highest BCUT2D eigenvalue weighted by molar-refractivity contribution is 5.72. The number of piperazine rings is 1. The van der Waals surface area contributed by atoms with Crippen molar-refractivity contribution in [2.24, 2.45) is 0 Å². The molecule has 3 aromatic rings. The molecule has 0 atom stereocenters. The molecule has 1 aliphatic rings. The highest BCUT2D eigenvalue weighted by Gasteiger charge is 2.15. The van der Waals surface area contributed by atoms with Gasteiger partial charge >= 0.3 is 0 Å². The van der Waals surface area contributed by atoms with Gasteiger partial charge in [0.15, 0.2) is 5.82 Å². The fourth-order valence-electron chi connectivity index (χ4n) is 3.80. The zero-order chi connectivity index (χ0) is 24.8. The number of nitrogens with zero attached hydrogens (tertiary/aromatic N) is 7. The molecule has 0 spiro atoms. The lowest BCUT2D eigenvalue weighted by atomic mass is 10.1. The Balaban J connectivity index is 1.40. The molecule has 9 nitrogen and oxygen atoms in total. The Morgan fingerprint density at radius 2 is 1.77 bits per heavy atom. The molecule has 35 heavy (non-hydrogen) atoms. The van der Waals surface area contributed by atoms with Gasteiger partial charge in [-0.3, -0.25) is 14.8 Å². The van der Waals surface area contributed by atoms with Gasteiger partial charge in [0.2, 0.25) is 11.8 Å². The molecule has 1 fully saturated rings. The summed E-state index contributed by atoms with van der Waals surface area (Å²) in [5.41, 5.74) is 3.17. The van der Waals surface area contributed by atoms with Crippen molar-refractivity contribution < 1.29 is 9.53 Å². The number of benzene rings is 1. The predicted molar refractivity (Wildman–Crippen MR) is 138 cm³/mol. The summed E-state index contributed by atoms with van der Waals surface area (Å²) in [7, 11) is 5.86. The number of aromatic nitrogens is 3. The molecule has 3 heterocycles. The summed E-state index contributed by atoms with van der Waals surface area (Å²) < 4.78 is 5.95. The first-order valence-electron chi connectivity index (χ1n) is 11.8. The van der Waals surface area contributed by atoms with Crippen LogP contribution < -0.4 is 14.5 Å². The van der Waals surface area contributed by atoms with Crippen LogP contribution in [-0.2, 0) is 4.79 Å². The van der Waals surface area contributed by atoms with E-state index in [1.54, 1.807) is 31.3 Å². The molecule has 0 saturated carbocycles. The van der Waals surface area contributed by atoms with Crippen LogP contribution >= 0.6 is 0 Å². The maximum atomic E-state index is 11.4. The minimum absolute atomic E-state index is 0.0336. The monoisotopic (exact) mass is 475 g/mol. The average molecular weight is 476 g/mol. The second-order valence-corrected chi connectivity index (χ2v) is 8.89. The third-order valence-corrected chi connectivity index (χ3v) is 6.28. The number of ether oxygens (including phenoxy) is 1. The molecule has 9 heteroatoms. The van der Waals surface area contributed by atoms with Crippen molar-refractivity contribution in [3.63, 3.8) is 0 Å². The summed E-state index contributed by atoms with van der Waals surface area (Å²) in [6.07, 6.45) is 5.15. The second kappa shape index (κ2) is 11.1. The highest BCUT2D eigenvalue weighted by atomic mass is 16.5. The number of likely N-dealkylation sites (N-methyl/N-ethyl adjacent to an activating group) is 3. The van der Waals surface area contributed by atoms with Crippen molar-refractivity contribution in [1.29, 1.82) is 0 Å². The quantitative estimate of drug-likeness (QED) is 0.492. The highest BCUT2D eigenvalue weighted by Crippen LogP contribution is 2.27. The minimum atomic E-state index is 0.0336. The molecule has 2 aromatic heterocycles. The van der Waals surface area contributed by atoms with Gasteiger partial charge in [-0.25, -0.2) is 0 Å². The summed E-state index contributed by atoms with van der Waals surface area (Å²) in [5.74, 6) is 1.80. The minimum Gasteiger partial charge on any atom is -0.437 e. The van der Waals surface area contributed by atoms with Crippen molar-refractivity contribution >= 4 is 17.4 Å². The summed E-state index contributed by atoms with van der Waals surface area (Å²) in [6, 6.07) is 12.1. The molecule has 1 aromatic carbocycles. The molecule has 184 valence electrons. The third kappa shape index (κ3) is 6.45. The van der Waals surface area contributed by atoms with Crippen molar-refractivity contribution in [3.8, 4) is 22.9 Å². The summed E-state index contributed by atoms with van der Waals surface area (Å²) in [4.78, 5) is 33.2. The molecule has 0 radical (unpaired) electrons. The molecular formula is C26H33N7O2. The van der Waals surface area contributed by atoms with Gasteiger partial charge in [0, 0.05) is 77.7 Å². The largest absolute Gasteiger partial charge is 0.437 e. The molecule has 1 aliphatic heterocycles. The van der Waals surface area contributed by atoms with Crippen molar-refractivity contribution in [2.45, 2.75) is 6.92 Å². The lowest BCUT2D eigenvalue weighted by Gasteiger charge is -2.34. The lowest BCUT2D eigenvalue weighted by molar-refractivity contribution is -0.127. The summed E-state index contributed by atoms with van der Waals surface area (Å²) >= 11 is 0. The van der Waals surface area contributed by atoms with Gasteiger partial charge in [-0.1, -0.05) is 0 Å². The molecule has 0 bridgehead atoms. The van der Waals surface area contributed by atoms with Crippen LogP contribution in [0.3, 0.4) is 0 Å². The van der Waals surface area contributed by atoms with Crippen molar-refractivity contribution in [2.75, 3.05) is 70.2 Å². The number of amides is 1. The Labute approximate surface area is 207 Å². The van der Waals surface area contributed by atoms with E-state index in [9.17, 15) is 4.79 Å². The smallest absolute Gasteiger partial charge is 0.239 e. The van der Waals surface area contributed by atoms with E-state index in [1.807, 2.05) is 42.4 Å². The van der Waals surface area contributed by atoms with Gasteiger partial charge in [-0.2, -0.15) is 4.98 Å². The first-order chi connectivity index (χ1) is 16.9. The molecule has 0 unspecified atom stereocenters. The van der Waals surface area contributed by atoms with Crippen LogP contribution in [0.4, 0.5) is 11.5 Å². The van der Waals surface area contributed by atoms with Gasteiger partial charge < -0.3 is 24.3 Å². The lowest BCUT2D eigenvalue weighted by Crippen LogP contribution is -2.44. The number of carbonyl (C=O) groups is 1. The van der Waals surface area contributed by atoms with Gasteiger partial charge in [-0.05, 0) is 43.4 Å². The van der Waals surface area contributed by atoms with Crippen molar-refractivity contribution in [3.05, 3.63) is 55.0 Å². The van der Waals surface area contributed by atoms with E-state index in [2.05, 4.69) is 43.9 Å².